The van der Waals surface area contributed by atoms with Crippen LogP contribution in [0.1, 0.15) is 16.7 Å². The zero-order valence-corrected chi connectivity index (χ0v) is 11.3. The zero-order valence-electron chi connectivity index (χ0n) is 11.3. The SMILES string of the molecule is Cc1cc(C)c([N+](=O)[O-])cc1Oc1ccc(CN)cn1. The highest BCUT2D eigenvalue weighted by Crippen LogP contribution is 2.30. The van der Waals surface area contributed by atoms with E-state index >= 15 is 0 Å². The van der Waals surface area contributed by atoms with Crippen LogP contribution in [0.3, 0.4) is 0 Å². The van der Waals surface area contributed by atoms with Crippen LogP contribution in [0.4, 0.5) is 5.69 Å². The van der Waals surface area contributed by atoms with E-state index < -0.39 is 4.92 Å². The molecule has 2 N–H and O–H groups in total. The van der Waals surface area contributed by atoms with Crippen LogP contribution < -0.4 is 10.5 Å². The lowest BCUT2D eigenvalue weighted by Gasteiger charge is -2.09. The van der Waals surface area contributed by atoms with Gasteiger partial charge >= 0.3 is 0 Å². The van der Waals surface area contributed by atoms with Crippen LogP contribution >= 0.6 is 0 Å². The molecule has 1 heterocycles. The third-order valence-corrected chi connectivity index (χ3v) is 2.94. The summed E-state index contributed by atoms with van der Waals surface area (Å²) in [5.74, 6) is 0.804. The van der Waals surface area contributed by atoms with E-state index in [0.29, 0.717) is 23.7 Å². The molecule has 1 aromatic carbocycles. The Morgan fingerprint density at radius 2 is 2.05 bits per heavy atom. The van der Waals surface area contributed by atoms with Gasteiger partial charge in [-0.2, -0.15) is 0 Å². The summed E-state index contributed by atoms with van der Waals surface area (Å²) >= 11 is 0. The van der Waals surface area contributed by atoms with E-state index in [0.717, 1.165) is 11.1 Å². The van der Waals surface area contributed by atoms with Crippen LogP contribution in [0.25, 0.3) is 0 Å². The first-order chi connectivity index (χ1) is 9.51. The smallest absolute Gasteiger partial charge is 0.276 e. The van der Waals surface area contributed by atoms with Crippen molar-refractivity contribution in [1.82, 2.24) is 4.98 Å². The molecule has 6 heteroatoms. The fourth-order valence-corrected chi connectivity index (χ4v) is 1.83. The minimum absolute atomic E-state index is 0.0316. The molecule has 104 valence electrons. The van der Waals surface area contributed by atoms with Gasteiger partial charge in [0.15, 0.2) is 0 Å². The van der Waals surface area contributed by atoms with Crippen LogP contribution in [0, 0.1) is 24.0 Å². The summed E-state index contributed by atoms with van der Waals surface area (Å²) in [6.45, 7) is 3.94. The summed E-state index contributed by atoms with van der Waals surface area (Å²) in [6.07, 6.45) is 1.62. The average molecular weight is 273 g/mol. The van der Waals surface area contributed by atoms with Crippen LogP contribution in [-0.2, 0) is 6.54 Å². The summed E-state index contributed by atoms with van der Waals surface area (Å²) in [5, 5.41) is 10.9. The fraction of sp³-hybridized carbons (Fsp3) is 0.214. The van der Waals surface area contributed by atoms with Gasteiger partial charge in [0.1, 0.15) is 5.75 Å². The first-order valence-electron chi connectivity index (χ1n) is 6.09. The summed E-state index contributed by atoms with van der Waals surface area (Å²) < 4.78 is 5.60. The predicted octanol–water partition coefficient (Wildman–Crippen LogP) is 2.86. The third kappa shape index (κ3) is 2.92. The van der Waals surface area contributed by atoms with Gasteiger partial charge in [0.25, 0.3) is 5.69 Å². The minimum atomic E-state index is -0.424. The number of ether oxygens (including phenoxy) is 1. The molecule has 0 saturated carbocycles. The molecule has 0 aliphatic heterocycles. The number of nitrogens with two attached hydrogens (primary N) is 1. The van der Waals surface area contributed by atoms with Crippen LogP contribution in [0.15, 0.2) is 30.5 Å². The molecule has 0 radical (unpaired) electrons. The largest absolute Gasteiger partial charge is 0.439 e. The Morgan fingerprint density at radius 3 is 2.60 bits per heavy atom. The summed E-state index contributed by atoms with van der Waals surface area (Å²) in [4.78, 5) is 14.6. The maximum absolute atomic E-state index is 10.9. The van der Waals surface area contributed by atoms with Crippen molar-refractivity contribution in [1.29, 1.82) is 0 Å². The van der Waals surface area contributed by atoms with Crippen molar-refractivity contribution in [3.8, 4) is 11.6 Å². The molecule has 0 unspecified atom stereocenters. The Balaban J connectivity index is 2.32. The van der Waals surface area contributed by atoms with Gasteiger partial charge in [-0.3, -0.25) is 10.1 Å². The zero-order chi connectivity index (χ0) is 14.7. The van der Waals surface area contributed by atoms with E-state index in [1.807, 2.05) is 6.92 Å². The molecule has 20 heavy (non-hydrogen) atoms. The van der Waals surface area contributed by atoms with Gasteiger partial charge in [-0.15, -0.1) is 0 Å². The topological polar surface area (TPSA) is 91.3 Å². The van der Waals surface area contributed by atoms with Gasteiger partial charge in [0.05, 0.1) is 11.0 Å². The fourth-order valence-electron chi connectivity index (χ4n) is 1.83. The standard InChI is InChI=1S/C14H15N3O3/c1-9-5-10(2)13(6-12(9)17(18)19)20-14-4-3-11(7-15)8-16-14/h3-6,8H,7,15H2,1-2H3. The molecule has 2 rings (SSSR count). The number of aryl methyl sites for hydroxylation is 2. The van der Waals surface area contributed by atoms with E-state index in [1.165, 1.54) is 6.07 Å². The normalized spacial score (nSPS) is 10.3. The monoisotopic (exact) mass is 273 g/mol. The van der Waals surface area contributed by atoms with E-state index in [2.05, 4.69) is 4.98 Å². The number of hydrogen-bond donors (Lipinski definition) is 1. The van der Waals surface area contributed by atoms with Crippen molar-refractivity contribution < 1.29 is 9.66 Å². The van der Waals surface area contributed by atoms with Gasteiger partial charge < -0.3 is 10.5 Å². The van der Waals surface area contributed by atoms with Crippen LogP contribution in [0.5, 0.6) is 11.6 Å². The number of nitro groups is 1. The third-order valence-electron chi connectivity index (χ3n) is 2.94. The molecule has 0 spiro atoms. The molecule has 0 amide bonds. The summed E-state index contributed by atoms with van der Waals surface area (Å²) in [5.41, 5.74) is 7.84. The molecule has 6 nitrogen and oxygen atoms in total. The Hall–Kier alpha value is -2.47. The van der Waals surface area contributed by atoms with E-state index in [4.69, 9.17) is 10.5 Å². The number of pyridine rings is 1. The first kappa shape index (κ1) is 14.0. The lowest BCUT2D eigenvalue weighted by atomic mass is 10.1. The van der Waals surface area contributed by atoms with E-state index in [1.54, 1.807) is 31.3 Å². The Morgan fingerprint density at radius 1 is 1.30 bits per heavy atom. The highest BCUT2D eigenvalue weighted by molar-refractivity contribution is 5.50. The molecular weight excluding hydrogens is 258 g/mol. The molecule has 0 fully saturated rings. The van der Waals surface area contributed by atoms with Gasteiger partial charge in [-0.05, 0) is 31.0 Å². The second-order valence-corrected chi connectivity index (χ2v) is 4.47. The molecule has 0 aliphatic rings. The van der Waals surface area contributed by atoms with Crippen molar-refractivity contribution in [2.75, 3.05) is 0 Å². The molecule has 0 aliphatic carbocycles. The molecule has 0 saturated heterocycles. The minimum Gasteiger partial charge on any atom is -0.439 e. The highest BCUT2D eigenvalue weighted by atomic mass is 16.6. The molecule has 1 aromatic heterocycles. The van der Waals surface area contributed by atoms with Crippen molar-refractivity contribution in [2.45, 2.75) is 20.4 Å². The Labute approximate surface area is 116 Å². The van der Waals surface area contributed by atoms with E-state index in [-0.39, 0.29) is 5.69 Å². The lowest BCUT2D eigenvalue weighted by Crippen LogP contribution is -1.98. The number of hydrogen-bond acceptors (Lipinski definition) is 5. The van der Waals surface area contributed by atoms with Gasteiger partial charge in [0.2, 0.25) is 5.88 Å². The number of nitrogens with zero attached hydrogens (tertiary/aromatic N) is 2. The Kier molecular flexibility index (Phi) is 3.95. The number of nitro benzene ring substituents is 1. The average Bonchev–Trinajstić information content (AvgIpc) is 2.42. The maximum Gasteiger partial charge on any atom is 0.276 e. The van der Waals surface area contributed by atoms with Crippen LogP contribution in [-0.4, -0.2) is 9.91 Å². The second-order valence-electron chi connectivity index (χ2n) is 4.47. The lowest BCUT2D eigenvalue weighted by molar-refractivity contribution is -0.385. The molecule has 0 atom stereocenters. The van der Waals surface area contributed by atoms with Gasteiger partial charge in [-0.25, -0.2) is 4.98 Å². The number of rotatable bonds is 4. The number of aromatic nitrogens is 1. The summed E-state index contributed by atoms with van der Waals surface area (Å²) in [7, 11) is 0. The van der Waals surface area contributed by atoms with Gasteiger partial charge in [0, 0.05) is 24.4 Å². The van der Waals surface area contributed by atoms with Gasteiger partial charge in [-0.1, -0.05) is 6.07 Å². The highest BCUT2D eigenvalue weighted by Gasteiger charge is 2.15. The quantitative estimate of drug-likeness (QED) is 0.683. The van der Waals surface area contributed by atoms with Crippen molar-refractivity contribution in [2.24, 2.45) is 5.73 Å². The van der Waals surface area contributed by atoms with Crippen LogP contribution in [0.2, 0.25) is 0 Å². The molecule has 0 bridgehead atoms. The predicted molar refractivity (Wildman–Crippen MR) is 74.8 cm³/mol. The Bertz CT molecular complexity index is 639. The molecule has 2 aromatic rings. The van der Waals surface area contributed by atoms with Crippen molar-refractivity contribution in [3.05, 3.63) is 57.3 Å². The maximum atomic E-state index is 10.9. The first-order valence-corrected chi connectivity index (χ1v) is 6.09. The number of benzene rings is 1. The molecular formula is C14H15N3O3. The van der Waals surface area contributed by atoms with Crippen molar-refractivity contribution >= 4 is 5.69 Å². The van der Waals surface area contributed by atoms with E-state index in [9.17, 15) is 10.1 Å². The summed E-state index contributed by atoms with van der Waals surface area (Å²) in [6, 6.07) is 6.64. The second kappa shape index (κ2) is 5.66. The van der Waals surface area contributed by atoms with Crippen molar-refractivity contribution in [3.63, 3.8) is 0 Å².